The molecular formula is C15H12F2. The Kier molecular flexibility index (Phi) is 3.33. The van der Waals surface area contributed by atoms with Gasteiger partial charge in [-0.15, -0.1) is 0 Å². The van der Waals surface area contributed by atoms with Gasteiger partial charge in [0, 0.05) is 6.08 Å². The Labute approximate surface area is 99.2 Å². The minimum atomic E-state index is -1.67. The van der Waals surface area contributed by atoms with Crippen molar-refractivity contribution in [1.29, 1.82) is 0 Å². The van der Waals surface area contributed by atoms with E-state index in [4.69, 9.17) is 0 Å². The number of benzene rings is 2. The van der Waals surface area contributed by atoms with Crippen molar-refractivity contribution in [1.82, 2.24) is 0 Å². The highest BCUT2D eigenvalue weighted by Gasteiger charge is 2.05. The van der Waals surface area contributed by atoms with Crippen LogP contribution in [0.5, 0.6) is 0 Å². The summed E-state index contributed by atoms with van der Waals surface area (Å²) in [6.45, 7) is 1.86. The van der Waals surface area contributed by atoms with Gasteiger partial charge >= 0.3 is 0 Å². The van der Waals surface area contributed by atoms with Crippen molar-refractivity contribution in [2.75, 3.05) is 0 Å². The van der Waals surface area contributed by atoms with Crippen LogP contribution in [0.25, 0.3) is 17.2 Å². The van der Waals surface area contributed by atoms with Crippen LogP contribution in [0.3, 0.4) is 0 Å². The van der Waals surface area contributed by atoms with Gasteiger partial charge in [-0.1, -0.05) is 48.5 Å². The summed E-state index contributed by atoms with van der Waals surface area (Å²) in [5.74, 6) is 0. The maximum atomic E-state index is 12.3. The Morgan fingerprint density at radius 2 is 1.65 bits per heavy atom. The fourth-order valence-electron chi connectivity index (χ4n) is 1.86. The van der Waals surface area contributed by atoms with Crippen LogP contribution in [-0.4, -0.2) is 0 Å². The standard InChI is InChI=1S/C15H12F2/c1-11-13(10-15(16)17)8-5-9-14(11)12-6-3-2-4-7-12/h2-10H,1H3. The molecule has 0 saturated carbocycles. The molecule has 17 heavy (non-hydrogen) atoms. The summed E-state index contributed by atoms with van der Waals surface area (Å²) in [7, 11) is 0. The summed E-state index contributed by atoms with van der Waals surface area (Å²) in [6, 6.07) is 15.2. The van der Waals surface area contributed by atoms with Gasteiger partial charge in [-0.2, -0.15) is 8.78 Å². The maximum Gasteiger partial charge on any atom is 0.270 e. The molecule has 0 bridgehead atoms. The first-order valence-electron chi connectivity index (χ1n) is 5.36. The zero-order valence-corrected chi connectivity index (χ0v) is 9.45. The first-order valence-corrected chi connectivity index (χ1v) is 5.36. The predicted octanol–water partition coefficient (Wildman–Crippen LogP) is 4.90. The van der Waals surface area contributed by atoms with Crippen LogP contribution in [0, 0.1) is 6.92 Å². The molecule has 0 atom stereocenters. The van der Waals surface area contributed by atoms with Gasteiger partial charge in [-0.3, -0.25) is 0 Å². The SMILES string of the molecule is Cc1c(C=C(F)F)cccc1-c1ccccc1. The van der Waals surface area contributed by atoms with Crippen molar-refractivity contribution >= 4 is 6.08 Å². The highest BCUT2D eigenvalue weighted by Crippen LogP contribution is 2.26. The van der Waals surface area contributed by atoms with Crippen LogP contribution in [0.2, 0.25) is 0 Å². The third-order valence-corrected chi connectivity index (χ3v) is 2.73. The topological polar surface area (TPSA) is 0 Å². The van der Waals surface area contributed by atoms with Gasteiger partial charge in [-0.05, 0) is 29.2 Å². The lowest BCUT2D eigenvalue weighted by Crippen LogP contribution is -1.87. The Morgan fingerprint density at radius 1 is 0.941 bits per heavy atom. The fourth-order valence-corrected chi connectivity index (χ4v) is 1.86. The molecule has 0 heterocycles. The van der Waals surface area contributed by atoms with E-state index in [-0.39, 0.29) is 0 Å². The van der Waals surface area contributed by atoms with Gasteiger partial charge in [0.15, 0.2) is 0 Å². The van der Waals surface area contributed by atoms with E-state index < -0.39 is 6.08 Å². The van der Waals surface area contributed by atoms with Crippen LogP contribution in [0.4, 0.5) is 8.78 Å². The first-order chi connectivity index (χ1) is 8.18. The lowest BCUT2D eigenvalue weighted by Gasteiger charge is -2.08. The summed E-state index contributed by atoms with van der Waals surface area (Å²) in [5, 5.41) is 0. The summed E-state index contributed by atoms with van der Waals surface area (Å²) in [4.78, 5) is 0. The monoisotopic (exact) mass is 230 g/mol. The van der Waals surface area contributed by atoms with Gasteiger partial charge in [-0.25, -0.2) is 0 Å². The van der Waals surface area contributed by atoms with E-state index >= 15 is 0 Å². The molecule has 0 amide bonds. The average Bonchev–Trinajstić information content (AvgIpc) is 2.32. The molecule has 0 spiro atoms. The summed E-state index contributed by atoms with van der Waals surface area (Å²) in [6.07, 6.45) is -0.764. The van der Waals surface area contributed by atoms with Crippen molar-refractivity contribution in [2.45, 2.75) is 6.92 Å². The summed E-state index contributed by atoms with van der Waals surface area (Å²) in [5.41, 5.74) is 3.46. The van der Waals surface area contributed by atoms with Crippen molar-refractivity contribution < 1.29 is 8.78 Å². The van der Waals surface area contributed by atoms with Crippen LogP contribution in [0.1, 0.15) is 11.1 Å². The Hall–Kier alpha value is -1.96. The quantitative estimate of drug-likeness (QED) is 0.688. The van der Waals surface area contributed by atoms with E-state index in [1.54, 1.807) is 12.1 Å². The van der Waals surface area contributed by atoms with E-state index in [0.29, 0.717) is 5.56 Å². The second kappa shape index (κ2) is 4.91. The van der Waals surface area contributed by atoms with Gasteiger partial charge in [0.25, 0.3) is 6.08 Å². The molecule has 0 aliphatic heterocycles. The molecule has 2 aromatic carbocycles. The zero-order chi connectivity index (χ0) is 12.3. The van der Waals surface area contributed by atoms with Crippen molar-refractivity contribution in [2.24, 2.45) is 0 Å². The number of halogens is 2. The molecule has 2 rings (SSSR count). The molecule has 0 aliphatic carbocycles. The summed E-state index contributed by atoms with van der Waals surface area (Å²) >= 11 is 0. The Balaban J connectivity index is 2.54. The third-order valence-electron chi connectivity index (χ3n) is 2.73. The highest BCUT2D eigenvalue weighted by molar-refractivity contribution is 5.72. The first kappa shape index (κ1) is 11.5. The smallest absolute Gasteiger partial charge is 0.173 e. The van der Waals surface area contributed by atoms with Crippen LogP contribution < -0.4 is 0 Å². The van der Waals surface area contributed by atoms with E-state index in [0.717, 1.165) is 22.8 Å². The number of rotatable bonds is 2. The van der Waals surface area contributed by atoms with Gasteiger partial charge in [0.05, 0.1) is 0 Å². The maximum absolute atomic E-state index is 12.3. The lowest BCUT2D eigenvalue weighted by atomic mass is 9.96. The molecule has 0 radical (unpaired) electrons. The minimum absolute atomic E-state index is 0.561. The third kappa shape index (κ3) is 2.59. The normalized spacial score (nSPS) is 10.1. The predicted molar refractivity (Wildman–Crippen MR) is 66.8 cm³/mol. The van der Waals surface area contributed by atoms with Gasteiger partial charge in [0.1, 0.15) is 0 Å². The Morgan fingerprint density at radius 3 is 2.29 bits per heavy atom. The second-order valence-electron chi connectivity index (χ2n) is 3.82. The van der Waals surface area contributed by atoms with Gasteiger partial charge < -0.3 is 0 Å². The molecule has 0 saturated heterocycles. The van der Waals surface area contributed by atoms with E-state index in [1.165, 1.54) is 0 Å². The molecule has 2 aromatic rings. The van der Waals surface area contributed by atoms with Crippen LogP contribution in [0.15, 0.2) is 54.6 Å². The molecule has 0 unspecified atom stereocenters. The minimum Gasteiger partial charge on any atom is -0.173 e. The number of hydrogen-bond acceptors (Lipinski definition) is 0. The van der Waals surface area contributed by atoms with Crippen molar-refractivity contribution in [3.05, 3.63) is 65.7 Å². The van der Waals surface area contributed by atoms with E-state index in [2.05, 4.69) is 0 Å². The fraction of sp³-hybridized carbons (Fsp3) is 0.0667. The van der Waals surface area contributed by atoms with Crippen molar-refractivity contribution in [3.8, 4) is 11.1 Å². The molecule has 0 N–H and O–H groups in total. The molecule has 0 aliphatic rings. The lowest BCUT2D eigenvalue weighted by molar-refractivity contribution is 0.429. The van der Waals surface area contributed by atoms with E-state index in [1.807, 2.05) is 43.3 Å². The van der Waals surface area contributed by atoms with Crippen LogP contribution in [-0.2, 0) is 0 Å². The Bertz CT molecular complexity index is 538. The molecule has 0 aromatic heterocycles. The summed E-state index contributed by atoms with van der Waals surface area (Å²) < 4.78 is 24.6. The second-order valence-corrected chi connectivity index (χ2v) is 3.82. The molecule has 0 nitrogen and oxygen atoms in total. The molecule has 0 fully saturated rings. The molecule has 2 heteroatoms. The van der Waals surface area contributed by atoms with E-state index in [9.17, 15) is 8.78 Å². The van der Waals surface area contributed by atoms with Crippen molar-refractivity contribution in [3.63, 3.8) is 0 Å². The van der Waals surface area contributed by atoms with Crippen LogP contribution >= 0.6 is 0 Å². The highest BCUT2D eigenvalue weighted by atomic mass is 19.3. The number of hydrogen-bond donors (Lipinski definition) is 0. The average molecular weight is 230 g/mol. The molecule has 86 valence electrons. The largest absolute Gasteiger partial charge is 0.270 e. The van der Waals surface area contributed by atoms with Gasteiger partial charge in [0.2, 0.25) is 0 Å². The zero-order valence-electron chi connectivity index (χ0n) is 9.45. The molecular weight excluding hydrogens is 218 g/mol.